The van der Waals surface area contributed by atoms with Crippen molar-refractivity contribution in [2.45, 2.75) is 65.2 Å². The molecule has 9 rings (SSSR count). The number of ether oxygens (including phenoxy) is 11. The first-order chi connectivity index (χ1) is 41.1. The predicted molar refractivity (Wildman–Crippen MR) is 303 cm³/mol. The Labute approximate surface area is 500 Å². The molecule has 2 aliphatic rings. The molecule has 22 heteroatoms. The van der Waals surface area contributed by atoms with E-state index >= 15 is 0 Å². The maximum Gasteiger partial charge on any atom is 0.338 e. The minimum atomic E-state index is -2.59. The van der Waals surface area contributed by atoms with Crippen LogP contribution < -0.4 is 0 Å². The van der Waals surface area contributed by atoms with Gasteiger partial charge in [-0.1, -0.05) is 162 Å². The molecule has 85 heavy (non-hydrogen) atoms. The number of carbonyl (C=O) groups is 7. The van der Waals surface area contributed by atoms with Gasteiger partial charge in [0.2, 0.25) is 18.3 Å². The average molecular weight is 1220 g/mol. The van der Waals surface area contributed by atoms with Crippen LogP contribution in [0.1, 0.15) is 72.5 Å². The van der Waals surface area contributed by atoms with Crippen LogP contribution in [0.3, 0.4) is 0 Å². The number of alkyl halides is 3. The zero-order valence-electron chi connectivity index (χ0n) is 44.4. The zero-order chi connectivity index (χ0) is 59.9. The van der Waals surface area contributed by atoms with Crippen molar-refractivity contribution in [2.24, 2.45) is 0 Å². The van der Waals surface area contributed by atoms with E-state index in [1.54, 1.807) is 103 Å². The van der Waals surface area contributed by atoms with Gasteiger partial charge < -0.3 is 52.1 Å². The fraction of sp³-hybridized carbons (Fsp3) is 0.206. The molecule has 0 radical (unpaired) electrons. The highest BCUT2D eigenvalue weighted by atomic mass is 35.6. The normalized spacial score (nSPS) is 21.8. The highest BCUT2D eigenvalue weighted by Gasteiger charge is 2.59. The largest absolute Gasteiger partial charge is 0.459 e. The molecule has 0 saturated carbocycles. The molecule has 10 atom stereocenters. The van der Waals surface area contributed by atoms with Crippen LogP contribution in [0.25, 0.3) is 0 Å². The van der Waals surface area contributed by atoms with Crippen LogP contribution in [0.2, 0.25) is 0 Å². The van der Waals surface area contributed by atoms with Gasteiger partial charge in [-0.3, -0.25) is 5.41 Å². The number of halogens is 3. The van der Waals surface area contributed by atoms with Crippen molar-refractivity contribution in [2.75, 3.05) is 13.2 Å². The third-order valence-electron chi connectivity index (χ3n) is 13.0. The van der Waals surface area contributed by atoms with Crippen LogP contribution in [0.4, 0.5) is 0 Å². The van der Waals surface area contributed by atoms with Gasteiger partial charge >= 0.3 is 41.8 Å². The van der Waals surface area contributed by atoms with E-state index in [0.717, 1.165) is 0 Å². The van der Waals surface area contributed by atoms with Gasteiger partial charge in [-0.2, -0.15) is 0 Å². The Morgan fingerprint density at radius 3 is 0.894 bits per heavy atom. The van der Waals surface area contributed by atoms with E-state index in [2.05, 4.69) is 0 Å². The molecule has 19 nitrogen and oxygen atoms in total. The van der Waals surface area contributed by atoms with E-state index in [9.17, 15) is 33.6 Å². The molecule has 0 aromatic heterocycles. The van der Waals surface area contributed by atoms with Crippen LogP contribution in [-0.2, 0) is 52.1 Å². The predicted octanol–water partition coefficient (Wildman–Crippen LogP) is 10.0. The van der Waals surface area contributed by atoms with Crippen molar-refractivity contribution in [1.82, 2.24) is 0 Å². The molecule has 2 fully saturated rings. The van der Waals surface area contributed by atoms with Gasteiger partial charge in [0.1, 0.15) is 31.5 Å². The fourth-order valence-corrected chi connectivity index (χ4v) is 8.99. The molecule has 1 N–H and O–H groups in total. The van der Waals surface area contributed by atoms with Gasteiger partial charge in [-0.05, 0) is 84.9 Å². The Bertz CT molecular complexity index is 3420. The maximum atomic E-state index is 14.6. The Balaban J connectivity index is 1.22. The molecule has 7 aromatic rings. The van der Waals surface area contributed by atoms with Crippen molar-refractivity contribution in [3.8, 4) is 0 Å². The molecule has 2 saturated heterocycles. The van der Waals surface area contributed by atoms with Crippen molar-refractivity contribution in [1.29, 1.82) is 5.41 Å². The van der Waals surface area contributed by atoms with Gasteiger partial charge in [-0.25, -0.2) is 33.6 Å². The molecular weight excluding hydrogens is 1170 g/mol. The minimum absolute atomic E-state index is 0.0119. The standard InChI is InChI=1S/C63H50Cl3NO18/c64-63(65,66)62(67)85-61-52(83-59(74)44-34-20-7-21-35-44)50(81-57(72)42-30-16-5-17-31-42)48(46(78-61)37-76-54(69)39-24-10-2-11-25-39)84-60-51(82-58(73)43-32-18-6-19-33-43)49(80-56(71)41-28-14-4-15-29-41)47(79-55(70)40-26-12-3-13-27-40)45(77-60)36-75-53(68)38-22-8-1-9-23-38/h1-35,45-52,60-61,67H,36-37H2. The molecule has 10 unspecified atom stereocenters. The van der Waals surface area contributed by atoms with E-state index in [4.69, 9.17) is 92.3 Å². The second-order valence-corrected chi connectivity index (χ2v) is 21.0. The first-order valence-corrected chi connectivity index (χ1v) is 27.3. The summed E-state index contributed by atoms with van der Waals surface area (Å²) in [5.41, 5.74) is 0.00502. The number of hydrogen-bond acceptors (Lipinski definition) is 19. The Hall–Kier alpha value is -8.95. The summed E-state index contributed by atoms with van der Waals surface area (Å²) in [7, 11) is 0. The first-order valence-electron chi connectivity index (χ1n) is 26.1. The SMILES string of the molecule is N=C(OC1OC(COC(=O)c2ccccc2)C(OC2OC(COC(=O)c3ccccc3)C(OC(=O)c3ccccc3)C(OC(=O)c3ccccc3)C2OC(=O)c2ccccc2)C(OC(=O)c2ccccc2)C1OC(=O)c1ccccc1)C(Cl)(Cl)Cl. The van der Waals surface area contributed by atoms with E-state index in [-0.39, 0.29) is 38.9 Å². The van der Waals surface area contributed by atoms with Gasteiger partial charge in [0, 0.05) is 0 Å². The van der Waals surface area contributed by atoms with Crippen LogP contribution >= 0.6 is 34.8 Å². The summed E-state index contributed by atoms with van der Waals surface area (Å²) in [6, 6.07) is 53.3. The summed E-state index contributed by atoms with van der Waals surface area (Å²) in [6.45, 7) is -1.64. The van der Waals surface area contributed by atoms with Gasteiger partial charge in [0.05, 0.1) is 38.9 Å². The van der Waals surface area contributed by atoms with Gasteiger partial charge in [0.25, 0.3) is 3.79 Å². The molecule has 436 valence electrons. The summed E-state index contributed by atoms with van der Waals surface area (Å²) < 4.78 is 66.3. The molecule has 0 bridgehead atoms. The maximum absolute atomic E-state index is 14.6. The number of nitrogens with one attached hydrogen (secondary N) is 1. The monoisotopic (exact) mass is 1210 g/mol. The van der Waals surface area contributed by atoms with Crippen molar-refractivity contribution < 1.29 is 85.7 Å². The van der Waals surface area contributed by atoms with Crippen LogP contribution in [0.15, 0.2) is 212 Å². The average Bonchev–Trinajstić information content (AvgIpc) is 1.60. The number of benzene rings is 7. The van der Waals surface area contributed by atoms with Crippen LogP contribution in [0, 0.1) is 5.41 Å². The summed E-state index contributed by atoms with van der Waals surface area (Å²) in [5.74, 6) is -8.13. The summed E-state index contributed by atoms with van der Waals surface area (Å²) >= 11 is 18.5. The fourth-order valence-electron chi connectivity index (χ4n) is 8.85. The third-order valence-corrected chi connectivity index (χ3v) is 13.5. The summed E-state index contributed by atoms with van der Waals surface area (Å²) in [6.07, 6.45) is -19.8. The van der Waals surface area contributed by atoms with E-state index in [1.165, 1.54) is 109 Å². The quantitative estimate of drug-likeness (QED) is 0.0260. The van der Waals surface area contributed by atoms with Gasteiger partial charge in [0.15, 0.2) is 30.7 Å². The zero-order valence-corrected chi connectivity index (χ0v) is 46.6. The highest BCUT2D eigenvalue weighted by molar-refractivity contribution is 6.76. The molecule has 2 heterocycles. The van der Waals surface area contributed by atoms with Crippen molar-refractivity contribution in [3.05, 3.63) is 251 Å². The lowest BCUT2D eigenvalue weighted by atomic mass is 9.95. The molecular formula is C63H50Cl3NO18. The number of rotatable bonds is 19. The van der Waals surface area contributed by atoms with E-state index < -0.39 is 126 Å². The lowest BCUT2D eigenvalue weighted by Crippen LogP contribution is -2.67. The summed E-state index contributed by atoms with van der Waals surface area (Å²) in [5, 5.41) is 8.69. The second kappa shape index (κ2) is 28.6. The molecule has 0 spiro atoms. The molecule has 0 aliphatic carbocycles. The van der Waals surface area contributed by atoms with Crippen molar-refractivity contribution >= 4 is 82.5 Å². The number of hydrogen-bond donors (Lipinski definition) is 1. The smallest absolute Gasteiger partial charge is 0.338 e. The lowest BCUT2D eigenvalue weighted by molar-refractivity contribution is -0.350. The third kappa shape index (κ3) is 15.8. The van der Waals surface area contributed by atoms with E-state index in [1.807, 2.05) is 0 Å². The summed E-state index contributed by atoms with van der Waals surface area (Å²) in [4.78, 5) is 100. The second-order valence-electron chi connectivity index (χ2n) is 18.7. The van der Waals surface area contributed by atoms with Crippen LogP contribution in [-0.4, -0.2) is 126 Å². The minimum Gasteiger partial charge on any atom is -0.459 e. The number of esters is 7. The highest BCUT2D eigenvalue weighted by Crippen LogP contribution is 2.38. The first kappa shape index (κ1) is 60.6. The Morgan fingerprint density at radius 1 is 0.329 bits per heavy atom. The molecule has 0 amide bonds. The van der Waals surface area contributed by atoms with Gasteiger partial charge in [-0.15, -0.1) is 0 Å². The Kier molecular flexibility index (Phi) is 20.4. The molecule has 7 aromatic carbocycles. The van der Waals surface area contributed by atoms with Crippen molar-refractivity contribution in [3.63, 3.8) is 0 Å². The number of carbonyl (C=O) groups excluding carboxylic acids is 7. The van der Waals surface area contributed by atoms with Crippen LogP contribution in [0.5, 0.6) is 0 Å². The topological polar surface area (TPSA) is 245 Å². The Morgan fingerprint density at radius 2 is 0.576 bits per heavy atom. The molecule has 2 aliphatic heterocycles. The lowest BCUT2D eigenvalue weighted by Gasteiger charge is -2.48. The van der Waals surface area contributed by atoms with E-state index in [0.29, 0.717) is 0 Å².